The van der Waals surface area contributed by atoms with Gasteiger partial charge < -0.3 is 10.6 Å². The standard InChI is InChI=1S/C24H19ClN4O/c1-16-4-2-5-17(14-16)23-26-13-12-22(29-23)27-21-7-3-6-18(15-21)24(30)28-20-10-8-19(25)9-11-20/h2-15H,1H3,(H,28,30)(H,26,27,29). The molecule has 1 heterocycles. The van der Waals surface area contributed by atoms with Gasteiger partial charge in [-0.15, -0.1) is 0 Å². The summed E-state index contributed by atoms with van der Waals surface area (Å²) in [6.45, 7) is 2.03. The summed E-state index contributed by atoms with van der Waals surface area (Å²) >= 11 is 5.89. The Morgan fingerprint density at radius 2 is 1.70 bits per heavy atom. The Kier molecular flexibility index (Phi) is 5.72. The van der Waals surface area contributed by atoms with Gasteiger partial charge in [-0.2, -0.15) is 0 Å². The van der Waals surface area contributed by atoms with Crippen LogP contribution in [0.15, 0.2) is 85.1 Å². The van der Waals surface area contributed by atoms with Crippen molar-refractivity contribution in [3.8, 4) is 11.4 Å². The summed E-state index contributed by atoms with van der Waals surface area (Å²) in [6, 6.07) is 24.1. The van der Waals surface area contributed by atoms with E-state index < -0.39 is 0 Å². The van der Waals surface area contributed by atoms with Crippen LogP contribution in [0.2, 0.25) is 5.02 Å². The highest BCUT2D eigenvalue weighted by molar-refractivity contribution is 6.30. The number of hydrogen-bond donors (Lipinski definition) is 2. The van der Waals surface area contributed by atoms with Crippen LogP contribution < -0.4 is 10.6 Å². The molecule has 0 radical (unpaired) electrons. The first-order chi connectivity index (χ1) is 14.6. The van der Waals surface area contributed by atoms with Gasteiger partial charge in [-0.1, -0.05) is 41.4 Å². The number of carbonyl (C=O) groups excluding carboxylic acids is 1. The van der Waals surface area contributed by atoms with Gasteiger partial charge in [0.05, 0.1) is 0 Å². The number of aromatic nitrogens is 2. The van der Waals surface area contributed by atoms with Crippen molar-refractivity contribution < 1.29 is 4.79 Å². The van der Waals surface area contributed by atoms with Gasteiger partial charge in [-0.05, 0) is 61.5 Å². The maximum absolute atomic E-state index is 12.6. The highest BCUT2D eigenvalue weighted by Gasteiger charge is 2.08. The molecule has 0 saturated carbocycles. The van der Waals surface area contributed by atoms with Gasteiger partial charge in [0.2, 0.25) is 0 Å². The van der Waals surface area contributed by atoms with E-state index in [1.165, 1.54) is 0 Å². The van der Waals surface area contributed by atoms with Crippen molar-refractivity contribution in [1.82, 2.24) is 9.97 Å². The number of nitrogens with zero attached hydrogens (tertiary/aromatic N) is 2. The number of nitrogens with one attached hydrogen (secondary N) is 2. The Balaban J connectivity index is 1.51. The zero-order valence-electron chi connectivity index (χ0n) is 16.3. The van der Waals surface area contributed by atoms with E-state index in [-0.39, 0.29) is 5.91 Å². The number of rotatable bonds is 5. The maximum atomic E-state index is 12.6. The van der Waals surface area contributed by atoms with Crippen molar-refractivity contribution in [3.63, 3.8) is 0 Å². The minimum atomic E-state index is -0.205. The van der Waals surface area contributed by atoms with Crippen molar-refractivity contribution in [2.24, 2.45) is 0 Å². The van der Waals surface area contributed by atoms with Crippen LogP contribution in [-0.4, -0.2) is 15.9 Å². The smallest absolute Gasteiger partial charge is 0.255 e. The number of benzene rings is 3. The molecule has 148 valence electrons. The quantitative estimate of drug-likeness (QED) is 0.414. The van der Waals surface area contributed by atoms with Crippen molar-refractivity contribution in [1.29, 1.82) is 0 Å². The third-order valence-electron chi connectivity index (χ3n) is 4.43. The molecule has 30 heavy (non-hydrogen) atoms. The Hall–Kier alpha value is -3.70. The minimum absolute atomic E-state index is 0.205. The molecule has 2 N–H and O–H groups in total. The highest BCUT2D eigenvalue weighted by atomic mass is 35.5. The predicted octanol–water partition coefficient (Wildman–Crippen LogP) is 6.10. The van der Waals surface area contributed by atoms with E-state index in [1.54, 1.807) is 48.7 Å². The van der Waals surface area contributed by atoms with Gasteiger partial charge >= 0.3 is 0 Å². The third kappa shape index (κ3) is 4.82. The van der Waals surface area contributed by atoms with E-state index in [0.717, 1.165) is 16.8 Å². The van der Waals surface area contributed by atoms with E-state index in [9.17, 15) is 4.79 Å². The monoisotopic (exact) mass is 414 g/mol. The van der Waals surface area contributed by atoms with Crippen LogP contribution in [0.5, 0.6) is 0 Å². The zero-order chi connectivity index (χ0) is 20.9. The molecule has 6 heteroatoms. The fourth-order valence-electron chi connectivity index (χ4n) is 2.97. The van der Waals surface area contributed by atoms with Crippen LogP contribution in [0.4, 0.5) is 17.2 Å². The molecule has 5 nitrogen and oxygen atoms in total. The maximum Gasteiger partial charge on any atom is 0.255 e. The number of aryl methyl sites for hydroxylation is 1. The van der Waals surface area contributed by atoms with E-state index in [0.29, 0.717) is 27.9 Å². The molecule has 0 aliphatic carbocycles. The third-order valence-corrected chi connectivity index (χ3v) is 4.68. The molecule has 0 fully saturated rings. The largest absolute Gasteiger partial charge is 0.340 e. The molecule has 0 spiro atoms. The lowest BCUT2D eigenvalue weighted by Gasteiger charge is -2.10. The Morgan fingerprint density at radius 1 is 0.900 bits per heavy atom. The Morgan fingerprint density at radius 3 is 2.50 bits per heavy atom. The zero-order valence-corrected chi connectivity index (χ0v) is 17.0. The second-order valence-electron chi connectivity index (χ2n) is 6.80. The molecular formula is C24H19ClN4O. The molecule has 0 atom stereocenters. The van der Waals surface area contributed by atoms with Crippen LogP contribution in [0.1, 0.15) is 15.9 Å². The normalized spacial score (nSPS) is 10.5. The summed E-state index contributed by atoms with van der Waals surface area (Å²) < 4.78 is 0. The lowest BCUT2D eigenvalue weighted by Crippen LogP contribution is -2.12. The SMILES string of the molecule is Cc1cccc(-c2nccc(Nc3cccc(C(=O)Nc4ccc(Cl)cc4)c3)n2)c1. The van der Waals surface area contributed by atoms with Crippen LogP contribution in [0, 0.1) is 6.92 Å². The summed E-state index contributed by atoms with van der Waals surface area (Å²) in [5.74, 6) is 1.08. The van der Waals surface area contributed by atoms with Gasteiger partial charge in [-0.25, -0.2) is 9.97 Å². The molecule has 4 aromatic rings. The lowest BCUT2D eigenvalue weighted by atomic mass is 10.1. The topological polar surface area (TPSA) is 66.9 Å². The first-order valence-electron chi connectivity index (χ1n) is 9.41. The number of anilines is 3. The summed E-state index contributed by atoms with van der Waals surface area (Å²) in [4.78, 5) is 21.5. The average molecular weight is 415 g/mol. The number of halogens is 1. The number of carbonyl (C=O) groups is 1. The Labute approximate surface area is 179 Å². The van der Waals surface area contributed by atoms with Crippen LogP contribution in [-0.2, 0) is 0 Å². The summed E-state index contributed by atoms with van der Waals surface area (Å²) in [6.07, 6.45) is 1.71. The summed E-state index contributed by atoms with van der Waals surface area (Å²) in [5, 5.41) is 6.73. The molecule has 3 aromatic carbocycles. The van der Waals surface area contributed by atoms with Gasteiger partial charge in [0.15, 0.2) is 5.82 Å². The first kappa shape index (κ1) is 19.6. The highest BCUT2D eigenvalue weighted by Crippen LogP contribution is 2.21. The average Bonchev–Trinajstić information content (AvgIpc) is 2.76. The molecular weight excluding hydrogens is 396 g/mol. The van der Waals surface area contributed by atoms with E-state index in [4.69, 9.17) is 11.6 Å². The van der Waals surface area contributed by atoms with E-state index >= 15 is 0 Å². The summed E-state index contributed by atoms with van der Waals surface area (Å²) in [7, 11) is 0. The van der Waals surface area contributed by atoms with E-state index in [2.05, 4.69) is 20.6 Å². The molecule has 0 unspecified atom stereocenters. The molecule has 0 aliphatic heterocycles. The fraction of sp³-hybridized carbons (Fsp3) is 0.0417. The minimum Gasteiger partial charge on any atom is -0.340 e. The lowest BCUT2D eigenvalue weighted by molar-refractivity contribution is 0.102. The molecule has 0 saturated heterocycles. The van der Waals surface area contributed by atoms with Crippen molar-refractivity contribution in [3.05, 3.63) is 101 Å². The molecule has 4 rings (SSSR count). The van der Waals surface area contributed by atoms with E-state index in [1.807, 2.05) is 43.3 Å². The van der Waals surface area contributed by atoms with Crippen LogP contribution >= 0.6 is 11.6 Å². The molecule has 0 aliphatic rings. The number of hydrogen-bond acceptors (Lipinski definition) is 4. The summed E-state index contributed by atoms with van der Waals surface area (Å²) in [5.41, 5.74) is 4.07. The predicted molar refractivity (Wildman–Crippen MR) is 121 cm³/mol. The van der Waals surface area contributed by atoms with Gasteiger partial charge in [0.1, 0.15) is 5.82 Å². The van der Waals surface area contributed by atoms with Crippen molar-refractivity contribution in [2.45, 2.75) is 6.92 Å². The van der Waals surface area contributed by atoms with Crippen molar-refractivity contribution in [2.75, 3.05) is 10.6 Å². The van der Waals surface area contributed by atoms with Gasteiger partial charge in [0, 0.05) is 33.7 Å². The van der Waals surface area contributed by atoms with Crippen molar-refractivity contribution >= 4 is 34.7 Å². The van der Waals surface area contributed by atoms with Gasteiger partial charge in [-0.3, -0.25) is 4.79 Å². The fourth-order valence-corrected chi connectivity index (χ4v) is 3.10. The Bertz CT molecular complexity index is 1190. The van der Waals surface area contributed by atoms with Gasteiger partial charge in [0.25, 0.3) is 5.91 Å². The second kappa shape index (κ2) is 8.76. The molecule has 1 aromatic heterocycles. The van der Waals surface area contributed by atoms with Crippen LogP contribution in [0.25, 0.3) is 11.4 Å². The second-order valence-corrected chi connectivity index (χ2v) is 7.24. The number of amides is 1. The first-order valence-corrected chi connectivity index (χ1v) is 9.79. The molecule has 1 amide bonds. The molecule has 0 bridgehead atoms. The van der Waals surface area contributed by atoms with Crippen LogP contribution in [0.3, 0.4) is 0 Å².